The quantitative estimate of drug-likeness (QED) is 0.175. The molecule has 0 saturated heterocycles. The van der Waals surface area contributed by atoms with E-state index in [4.69, 9.17) is 13.3 Å². The number of nitrogens with zero attached hydrogens (tertiary/aromatic N) is 1. The first-order chi connectivity index (χ1) is 29.7. The van der Waals surface area contributed by atoms with Gasteiger partial charge in [0.2, 0.25) is 0 Å². The predicted octanol–water partition coefficient (Wildman–Crippen LogP) is 16.0. The van der Waals surface area contributed by atoms with E-state index in [-0.39, 0.29) is 5.92 Å². The van der Waals surface area contributed by atoms with Crippen LogP contribution in [-0.2, 0) is 0 Å². The highest BCUT2D eigenvalue weighted by atomic mass is 16.3. The summed E-state index contributed by atoms with van der Waals surface area (Å²) in [6.07, 6.45) is 13.3. The molecule has 11 aromatic rings. The van der Waals surface area contributed by atoms with Crippen LogP contribution in [0.15, 0.2) is 207 Å². The van der Waals surface area contributed by atoms with E-state index in [9.17, 15) is 0 Å². The molecule has 3 aromatic heterocycles. The van der Waals surface area contributed by atoms with Crippen molar-refractivity contribution in [3.05, 3.63) is 205 Å². The molecule has 2 aliphatic carbocycles. The van der Waals surface area contributed by atoms with Crippen LogP contribution in [0, 0.1) is 5.92 Å². The Bertz CT molecular complexity index is 3610. The molecular weight excluding hydrogens is 735 g/mol. The van der Waals surface area contributed by atoms with E-state index in [0.717, 1.165) is 94.5 Å². The van der Waals surface area contributed by atoms with Crippen LogP contribution >= 0.6 is 0 Å². The minimum atomic E-state index is 0.285. The van der Waals surface area contributed by atoms with Gasteiger partial charge in [0.05, 0.1) is 0 Å². The average molecular weight is 770 g/mol. The Balaban J connectivity index is 0.901. The normalized spacial score (nSPS) is 15.8. The molecule has 0 bridgehead atoms. The molecule has 4 heteroatoms. The summed E-state index contributed by atoms with van der Waals surface area (Å²) in [6, 6.07) is 58.4. The maximum Gasteiger partial charge on any atom is 0.136 e. The largest absolute Gasteiger partial charge is 0.456 e. The minimum absolute atomic E-state index is 0.285. The molecule has 282 valence electrons. The summed E-state index contributed by atoms with van der Waals surface area (Å²) < 4.78 is 18.9. The Morgan fingerprint density at radius 1 is 0.383 bits per heavy atom. The van der Waals surface area contributed by atoms with E-state index in [1.165, 1.54) is 21.7 Å². The van der Waals surface area contributed by atoms with E-state index < -0.39 is 0 Å². The summed E-state index contributed by atoms with van der Waals surface area (Å²) in [6.45, 7) is 0. The Morgan fingerprint density at radius 3 is 1.77 bits per heavy atom. The predicted molar refractivity (Wildman–Crippen MR) is 247 cm³/mol. The number of benzene rings is 8. The number of hydrogen-bond acceptors (Lipinski definition) is 4. The maximum atomic E-state index is 6.35. The molecule has 0 aliphatic heterocycles. The van der Waals surface area contributed by atoms with Crippen LogP contribution in [0.4, 0.5) is 17.1 Å². The number of anilines is 3. The first kappa shape index (κ1) is 33.2. The van der Waals surface area contributed by atoms with Crippen molar-refractivity contribution in [2.24, 2.45) is 5.92 Å². The zero-order valence-corrected chi connectivity index (χ0v) is 32.4. The Hall–Kier alpha value is -7.82. The van der Waals surface area contributed by atoms with Gasteiger partial charge >= 0.3 is 0 Å². The third kappa shape index (κ3) is 5.11. The second kappa shape index (κ2) is 12.8. The van der Waals surface area contributed by atoms with Gasteiger partial charge in [0.25, 0.3) is 0 Å². The number of allylic oxidation sites excluding steroid dienone is 5. The minimum Gasteiger partial charge on any atom is -0.456 e. The van der Waals surface area contributed by atoms with Crippen LogP contribution in [-0.4, -0.2) is 0 Å². The smallest absolute Gasteiger partial charge is 0.136 e. The van der Waals surface area contributed by atoms with Crippen molar-refractivity contribution in [2.45, 2.75) is 5.92 Å². The van der Waals surface area contributed by atoms with Crippen LogP contribution < -0.4 is 4.90 Å². The van der Waals surface area contributed by atoms with Crippen LogP contribution in [0.2, 0.25) is 0 Å². The van der Waals surface area contributed by atoms with Crippen molar-refractivity contribution in [1.82, 2.24) is 0 Å². The van der Waals surface area contributed by atoms with Gasteiger partial charge in [-0.3, -0.25) is 0 Å². The van der Waals surface area contributed by atoms with Crippen LogP contribution in [0.25, 0.3) is 93.9 Å². The molecule has 60 heavy (non-hydrogen) atoms. The van der Waals surface area contributed by atoms with E-state index in [0.29, 0.717) is 5.92 Å². The fourth-order valence-corrected chi connectivity index (χ4v) is 9.71. The average Bonchev–Trinajstić information content (AvgIpc) is 4.00. The van der Waals surface area contributed by atoms with Gasteiger partial charge in [-0.15, -0.1) is 0 Å². The molecular formula is C56H35NO3. The lowest BCUT2D eigenvalue weighted by atomic mass is 9.78. The monoisotopic (exact) mass is 769 g/mol. The third-order valence-electron chi connectivity index (χ3n) is 12.6. The number of hydrogen-bond donors (Lipinski definition) is 0. The second-order valence-electron chi connectivity index (χ2n) is 16.0. The number of rotatable bonds is 5. The molecule has 0 amide bonds. The van der Waals surface area contributed by atoms with E-state index in [1.54, 1.807) is 0 Å². The standard InChI is InChI=1S/C56H35NO3/c1-3-9-43-36(7-1)17-28-53-55(43)47-31-38(19-26-51(47)59-53)34-13-21-40(22-14-34)57(42-25-30-50-46(33-42)45-11-5-6-12-49(45)58-50)41-23-15-35(16-24-41)39-20-27-52-48(32-39)56-44-10-4-2-8-37(44)18-29-54(56)60-52/h1-33,36,43H. The van der Waals surface area contributed by atoms with Gasteiger partial charge in [0.15, 0.2) is 0 Å². The Kier molecular flexibility index (Phi) is 7.10. The molecule has 3 heterocycles. The van der Waals surface area contributed by atoms with Crippen LogP contribution in [0.5, 0.6) is 0 Å². The zero-order chi connectivity index (χ0) is 39.3. The molecule has 0 fully saturated rings. The lowest BCUT2D eigenvalue weighted by Gasteiger charge is -2.26. The SMILES string of the molecule is C1=CC2C=Cc3oc4ccc(-c5ccc(N(c6ccc(-c7ccc8oc9ccc%10ccccc%10c9c8c7)cc6)c6ccc7oc8ccccc8c7c6)cc5)cc4c3C2C=C1. The van der Waals surface area contributed by atoms with Crippen molar-refractivity contribution < 1.29 is 13.3 Å². The molecule has 4 nitrogen and oxygen atoms in total. The van der Waals surface area contributed by atoms with Crippen LogP contribution in [0.3, 0.4) is 0 Å². The van der Waals surface area contributed by atoms with Crippen molar-refractivity contribution in [2.75, 3.05) is 4.90 Å². The summed E-state index contributed by atoms with van der Waals surface area (Å²) in [4.78, 5) is 2.33. The molecule has 13 rings (SSSR count). The fourth-order valence-electron chi connectivity index (χ4n) is 9.71. The van der Waals surface area contributed by atoms with Crippen molar-refractivity contribution in [3.63, 3.8) is 0 Å². The highest BCUT2D eigenvalue weighted by Gasteiger charge is 2.29. The number of fused-ring (bicyclic) bond motifs is 13. The highest BCUT2D eigenvalue weighted by Crippen LogP contribution is 2.45. The van der Waals surface area contributed by atoms with E-state index in [2.05, 4.69) is 193 Å². The van der Waals surface area contributed by atoms with Gasteiger partial charge in [-0.2, -0.15) is 0 Å². The zero-order valence-electron chi connectivity index (χ0n) is 32.4. The van der Waals surface area contributed by atoms with E-state index in [1.807, 2.05) is 12.1 Å². The molecule has 0 N–H and O–H groups in total. The van der Waals surface area contributed by atoms with Gasteiger partial charge in [-0.1, -0.05) is 115 Å². The van der Waals surface area contributed by atoms with Gasteiger partial charge in [0, 0.05) is 61.4 Å². The molecule has 2 atom stereocenters. The first-order valence-corrected chi connectivity index (χ1v) is 20.6. The summed E-state index contributed by atoms with van der Waals surface area (Å²) >= 11 is 0. The third-order valence-corrected chi connectivity index (χ3v) is 12.6. The molecule has 0 spiro atoms. The lowest BCUT2D eigenvalue weighted by molar-refractivity contribution is 0.578. The summed E-state index contributed by atoms with van der Waals surface area (Å²) in [5, 5.41) is 8.08. The lowest BCUT2D eigenvalue weighted by Crippen LogP contribution is -2.12. The van der Waals surface area contributed by atoms with Crippen molar-refractivity contribution in [3.8, 4) is 22.3 Å². The molecule has 8 aromatic carbocycles. The second-order valence-corrected chi connectivity index (χ2v) is 16.0. The molecule has 0 saturated carbocycles. The molecule has 2 aliphatic rings. The fraction of sp³-hybridized carbons (Fsp3) is 0.0357. The van der Waals surface area contributed by atoms with Gasteiger partial charge < -0.3 is 18.2 Å². The molecule has 2 unspecified atom stereocenters. The topological polar surface area (TPSA) is 42.7 Å². The van der Waals surface area contributed by atoms with Gasteiger partial charge in [0.1, 0.15) is 33.7 Å². The molecule has 0 radical (unpaired) electrons. The summed E-state index contributed by atoms with van der Waals surface area (Å²) in [7, 11) is 0. The number of furan rings is 3. The maximum absolute atomic E-state index is 6.35. The van der Waals surface area contributed by atoms with Crippen molar-refractivity contribution >= 4 is 88.8 Å². The van der Waals surface area contributed by atoms with Gasteiger partial charge in [-0.25, -0.2) is 0 Å². The Labute approximate surface area is 345 Å². The van der Waals surface area contributed by atoms with Gasteiger partial charge in [-0.05, 0) is 118 Å². The number of para-hydroxylation sites is 1. The van der Waals surface area contributed by atoms with E-state index >= 15 is 0 Å². The van der Waals surface area contributed by atoms with Crippen LogP contribution in [0.1, 0.15) is 17.2 Å². The Morgan fingerprint density at radius 2 is 0.967 bits per heavy atom. The first-order valence-electron chi connectivity index (χ1n) is 20.6. The highest BCUT2D eigenvalue weighted by molar-refractivity contribution is 6.19. The summed E-state index contributed by atoms with van der Waals surface area (Å²) in [5.74, 6) is 1.60. The van der Waals surface area contributed by atoms with Crippen molar-refractivity contribution in [1.29, 1.82) is 0 Å². The summed E-state index contributed by atoms with van der Waals surface area (Å²) in [5.41, 5.74) is 13.5.